The summed E-state index contributed by atoms with van der Waals surface area (Å²) in [6, 6.07) is 15.6. The quantitative estimate of drug-likeness (QED) is 0.489. The van der Waals surface area contributed by atoms with Gasteiger partial charge in [0.25, 0.3) is 0 Å². The average Bonchev–Trinajstić information content (AvgIpc) is 3.37. The maximum atomic E-state index is 13.2. The van der Waals surface area contributed by atoms with Crippen LogP contribution in [0.5, 0.6) is 5.75 Å². The lowest BCUT2D eigenvalue weighted by molar-refractivity contribution is -0.137. The molecule has 1 N–H and O–H groups in total. The van der Waals surface area contributed by atoms with Crippen LogP contribution in [0, 0.1) is 11.8 Å². The molecule has 0 aliphatic carbocycles. The maximum Gasteiger partial charge on any atom is 0.416 e. The first-order chi connectivity index (χ1) is 17.8. The predicted molar refractivity (Wildman–Crippen MR) is 138 cm³/mol. The van der Waals surface area contributed by atoms with Crippen LogP contribution in [0.1, 0.15) is 37.3 Å². The van der Waals surface area contributed by atoms with E-state index in [9.17, 15) is 18.0 Å². The molecule has 1 amide bonds. The molecule has 202 valence electrons. The smallest absolute Gasteiger partial charge is 0.416 e. The van der Waals surface area contributed by atoms with Crippen LogP contribution in [0.25, 0.3) is 0 Å². The van der Waals surface area contributed by atoms with Crippen LogP contribution in [0.3, 0.4) is 0 Å². The first kappa shape index (κ1) is 27.5. The lowest BCUT2D eigenvalue weighted by atomic mass is 9.88. The Bertz CT molecular complexity index is 1000. The monoisotopic (exact) mass is 517 g/mol. The summed E-state index contributed by atoms with van der Waals surface area (Å²) in [5.74, 6) is 0.152. The highest BCUT2D eigenvalue weighted by atomic mass is 19.4. The molecule has 0 saturated carbocycles. The van der Waals surface area contributed by atoms with E-state index in [1.54, 1.807) is 6.07 Å². The summed E-state index contributed by atoms with van der Waals surface area (Å²) in [4.78, 5) is 17.9. The van der Waals surface area contributed by atoms with Gasteiger partial charge in [0.2, 0.25) is 5.91 Å². The molecule has 1 unspecified atom stereocenters. The van der Waals surface area contributed by atoms with Crippen LogP contribution in [-0.4, -0.2) is 67.6 Å². The van der Waals surface area contributed by atoms with Crippen LogP contribution >= 0.6 is 0 Å². The van der Waals surface area contributed by atoms with Crippen molar-refractivity contribution in [3.63, 3.8) is 0 Å². The minimum atomic E-state index is -4.41. The van der Waals surface area contributed by atoms with Crippen LogP contribution in [0.15, 0.2) is 54.6 Å². The van der Waals surface area contributed by atoms with Gasteiger partial charge in [0.1, 0.15) is 5.75 Å². The van der Waals surface area contributed by atoms with Gasteiger partial charge < -0.3 is 15.0 Å². The number of hydrogen-bond acceptors (Lipinski definition) is 4. The molecule has 8 heteroatoms. The summed E-state index contributed by atoms with van der Waals surface area (Å²) < 4.78 is 45.1. The van der Waals surface area contributed by atoms with Gasteiger partial charge in [0.05, 0.1) is 18.1 Å². The summed E-state index contributed by atoms with van der Waals surface area (Å²) in [7, 11) is 0. The Kier molecular flexibility index (Phi) is 9.49. The SMILES string of the molecule is CCN1CCCC1CNC(=O)[C@@H]1C[C@H](COc2cccc(C(F)(F)F)c2)CN(CCc2ccccc2)C1. The zero-order valence-electron chi connectivity index (χ0n) is 21.6. The topological polar surface area (TPSA) is 44.8 Å². The molecule has 0 aromatic heterocycles. The number of hydrogen-bond donors (Lipinski definition) is 1. The van der Waals surface area contributed by atoms with Crippen molar-refractivity contribution in [2.24, 2.45) is 11.8 Å². The Balaban J connectivity index is 1.37. The zero-order chi connectivity index (χ0) is 26.3. The molecular weight excluding hydrogens is 479 g/mol. The van der Waals surface area contributed by atoms with E-state index in [0.717, 1.165) is 51.2 Å². The van der Waals surface area contributed by atoms with E-state index in [1.165, 1.54) is 18.1 Å². The largest absolute Gasteiger partial charge is 0.493 e. The highest BCUT2D eigenvalue weighted by Crippen LogP contribution is 2.32. The van der Waals surface area contributed by atoms with Crippen molar-refractivity contribution >= 4 is 5.91 Å². The normalized spacial score (nSPS) is 23.2. The van der Waals surface area contributed by atoms with Crippen molar-refractivity contribution in [1.29, 1.82) is 0 Å². The molecule has 5 nitrogen and oxygen atoms in total. The third-order valence-electron chi connectivity index (χ3n) is 7.61. The molecule has 4 rings (SSSR count). The second-order valence-corrected chi connectivity index (χ2v) is 10.3. The fourth-order valence-corrected chi connectivity index (χ4v) is 5.61. The Morgan fingerprint density at radius 3 is 2.68 bits per heavy atom. The molecule has 2 fully saturated rings. The fourth-order valence-electron chi connectivity index (χ4n) is 5.61. The van der Waals surface area contributed by atoms with E-state index in [1.807, 2.05) is 18.2 Å². The van der Waals surface area contributed by atoms with E-state index >= 15 is 0 Å². The standard InChI is InChI=1S/C29H38F3N3O2/c1-2-35-14-7-11-26(35)18-33-28(36)24-16-23(19-34(20-24)15-13-22-8-4-3-5-9-22)21-37-27-12-6-10-25(17-27)29(30,31)32/h3-6,8-10,12,17,23-24,26H,2,7,11,13-16,18-21H2,1H3,(H,33,36)/t23-,24+,26?/m0/s1. The van der Waals surface area contributed by atoms with Gasteiger partial charge in [-0.15, -0.1) is 0 Å². The number of benzene rings is 2. The summed E-state index contributed by atoms with van der Waals surface area (Å²) in [5, 5.41) is 3.20. The third-order valence-corrected chi connectivity index (χ3v) is 7.61. The number of piperidine rings is 1. The number of rotatable bonds is 10. The minimum Gasteiger partial charge on any atom is -0.493 e. The van der Waals surface area contributed by atoms with Crippen molar-refractivity contribution in [1.82, 2.24) is 15.1 Å². The summed E-state index contributed by atoms with van der Waals surface area (Å²) in [5.41, 5.74) is 0.523. The third kappa shape index (κ3) is 7.95. The number of nitrogens with zero attached hydrogens (tertiary/aromatic N) is 2. The molecule has 2 aliphatic rings. The van der Waals surface area contributed by atoms with E-state index in [-0.39, 0.29) is 30.1 Å². The lowest BCUT2D eigenvalue weighted by Crippen LogP contribution is -2.49. The number of likely N-dealkylation sites (N-methyl/N-ethyl adjacent to an activating group) is 1. The number of carbonyl (C=O) groups excluding carboxylic acids is 1. The van der Waals surface area contributed by atoms with Crippen LogP contribution in [0.2, 0.25) is 0 Å². The summed E-state index contributed by atoms with van der Waals surface area (Å²) in [6.45, 7) is 7.43. The Labute approximate surface area is 218 Å². The molecule has 0 spiro atoms. The van der Waals surface area contributed by atoms with Crippen molar-refractivity contribution in [3.8, 4) is 5.75 Å². The molecular formula is C29H38F3N3O2. The number of halogens is 3. The molecule has 2 aromatic rings. The van der Waals surface area contributed by atoms with E-state index in [0.29, 0.717) is 25.6 Å². The van der Waals surface area contributed by atoms with Crippen LogP contribution < -0.4 is 10.1 Å². The molecule has 3 atom stereocenters. The summed E-state index contributed by atoms with van der Waals surface area (Å²) >= 11 is 0. The first-order valence-corrected chi connectivity index (χ1v) is 13.4. The van der Waals surface area contributed by atoms with Crippen LogP contribution in [-0.2, 0) is 17.4 Å². The van der Waals surface area contributed by atoms with Gasteiger partial charge in [-0.3, -0.25) is 9.69 Å². The molecule has 2 saturated heterocycles. The molecule has 37 heavy (non-hydrogen) atoms. The molecule has 2 heterocycles. The van der Waals surface area contributed by atoms with Gasteiger partial charge in [0, 0.05) is 38.1 Å². The predicted octanol–water partition coefficient (Wildman–Crippen LogP) is 4.87. The number of carbonyl (C=O) groups is 1. The van der Waals surface area contributed by atoms with E-state index in [2.05, 4.69) is 34.2 Å². The number of ether oxygens (including phenoxy) is 1. The second kappa shape index (κ2) is 12.8. The van der Waals surface area contributed by atoms with Crippen molar-refractivity contribution in [2.75, 3.05) is 45.9 Å². The van der Waals surface area contributed by atoms with Gasteiger partial charge >= 0.3 is 6.18 Å². The highest BCUT2D eigenvalue weighted by molar-refractivity contribution is 5.79. The number of likely N-dealkylation sites (tertiary alicyclic amines) is 2. The Morgan fingerprint density at radius 2 is 1.92 bits per heavy atom. The number of amides is 1. The van der Waals surface area contributed by atoms with Crippen molar-refractivity contribution in [2.45, 2.75) is 44.8 Å². The lowest BCUT2D eigenvalue weighted by Gasteiger charge is -2.37. The van der Waals surface area contributed by atoms with Gasteiger partial charge in [-0.2, -0.15) is 13.2 Å². The average molecular weight is 518 g/mol. The van der Waals surface area contributed by atoms with E-state index in [4.69, 9.17) is 4.74 Å². The van der Waals surface area contributed by atoms with Gasteiger partial charge in [-0.25, -0.2) is 0 Å². The number of alkyl halides is 3. The molecule has 0 bridgehead atoms. The minimum absolute atomic E-state index is 0.0495. The Morgan fingerprint density at radius 1 is 1.11 bits per heavy atom. The Hall–Kier alpha value is -2.58. The fraction of sp³-hybridized carbons (Fsp3) is 0.552. The first-order valence-electron chi connectivity index (χ1n) is 13.4. The highest BCUT2D eigenvalue weighted by Gasteiger charge is 2.34. The molecule has 0 radical (unpaired) electrons. The van der Waals surface area contributed by atoms with Crippen LogP contribution in [0.4, 0.5) is 13.2 Å². The zero-order valence-corrected chi connectivity index (χ0v) is 21.6. The molecule has 2 aliphatic heterocycles. The summed E-state index contributed by atoms with van der Waals surface area (Å²) in [6.07, 6.45) is -0.595. The van der Waals surface area contributed by atoms with Gasteiger partial charge in [-0.1, -0.05) is 43.3 Å². The van der Waals surface area contributed by atoms with Crippen molar-refractivity contribution in [3.05, 3.63) is 65.7 Å². The number of nitrogens with one attached hydrogen (secondary N) is 1. The maximum absolute atomic E-state index is 13.2. The molecule has 2 aromatic carbocycles. The van der Waals surface area contributed by atoms with E-state index < -0.39 is 11.7 Å². The van der Waals surface area contributed by atoms with Gasteiger partial charge in [-0.05, 0) is 62.5 Å². The second-order valence-electron chi connectivity index (χ2n) is 10.3. The van der Waals surface area contributed by atoms with Crippen molar-refractivity contribution < 1.29 is 22.7 Å². The van der Waals surface area contributed by atoms with Gasteiger partial charge in [0.15, 0.2) is 0 Å².